The molecule has 1 aromatic carbocycles. The lowest BCUT2D eigenvalue weighted by atomic mass is 9.86. The molecule has 4 heterocycles. The molecule has 2 aliphatic rings. The van der Waals surface area contributed by atoms with Crippen LogP contribution in [-0.4, -0.2) is 27.7 Å². The van der Waals surface area contributed by atoms with Crippen LogP contribution in [0.1, 0.15) is 42.5 Å². The van der Waals surface area contributed by atoms with Gasteiger partial charge in [-0.3, -0.25) is 4.79 Å². The van der Waals surface area contributed by atoms with Crippen LogP contribution in [0.2, 0.25) is 0 Å². The Morgan fingerprint density at radius 2 is 2.03 bits per heavy atom. The van der Waals surface area contributed by atoms with Crippen LogP contribution in [0.15, 0.2) is 29.1 Å². The van der Waals surface area contributed by atoms with Gasteiger partial charge in [-0.2, -0.15) is 0 Å². The molecule has 1 atom stereocenters. The van der Waals surface area contributed by atoms with Crippen LogP contribution < -0.4 is 10.3 Å². The molecule has 1 N–H and O–H groups in total. The number of carbonyl (C=O) groups excluding carboxylic acids is 1. The third-order valence-corrected chi connectivity index (χ3v) is 6.37. The van der Waals surface area contributed by atoms with E-state index in [2.05, 4.69) is 6.92 Å². The Balaban J connectivity index is 1.81. The van der Waals surface area contributed by atoms with Crippen LogP contribution in [-0.2, 0) is 34.7 Å². The van der Waals surface area contributed by atoms with E-state index in [1.807, 2.05) is 18.2 Å². The van der Waals surface area contributed by atoms with E-state index in [1.54, 1.807) is 24.7 Å². The van der Waals surface area contributed by atoms with Gasteiger partial charge in [0.25, 0.3) is 5.56 Å². The van der Waals surface area contributed by atoms with Crippen molar-refractivity contribution in [3.63, 3.8) is 0 Å². The highest BCUT2D eigenvalue weighted by molar-refractivity contribution is 5.90. The van der Waals surface area contributed by atoms with Crippen molar-refractivity contribution < 1.29 is 19.4 Å². The standard InChI is InChI=1S/C23H22N2O5/c1-4-13-14-8-12(29-3)6-7-18(14)24-20-15(13)10-25-19(20)9-17-16(21(25)26)11-30-22(27)23(17,28)5-2/h6-9,28H,4-5,10-11H2,1-3H3. The molecule has 0 radical (unpaired) electrons. The minimum absolute atomic E-state index is 0.125. The summed E-state index contributed by atoms with van der Waals surface area (Å²) < 4.78 is 12.2. The Hall–Kier alpha value is -3.19. The van der Waals surface area contributed by atoms with Crippen molar-refractivity contribution in [1.29, 1.82) is 0 Å². The average molecular weight is 406 g/mol. The van der Waals surface area contributed by atoms with E-state index in [-0.39, 0.29) is 18.6 Å². The first kappa shape index (κ1) is 18.8. The minimum Gasteiger partial charge on any atom is -0.497 e. The third-order valence-electron chi connectivity index (χ3n) is 6.37. The molecule has 0 amide bonds. The van der Waals surface area contributed by atoms with Crippen molar-refractivity contribution in [2.45, 2.75) is 45.4 Å². The van der Waals surface area contributed by atoms with Gasteiger partial charge in [0, 0.05) is 16.5 Å². The van der Waals surface area contributed by atoms with E-state index < -0.39 is 11.6 Å². The summed E-state index contributed by atoms with van der Waals surface area (Å²) >= 11 is 0. The number of aryl methyl sites for hydroxylation is 1. The molecular weight excluding hydrogens is 384 g/mol. The first-order valence-electron chi connectivity index (χ1n) is 10.1. The number of rotatable bonds is 3. The van der Waals surface area contributed by atoms with Crippen molar-refractivity contribution in [3.05, 3.63) is 56.9 Å². The fourth-order valence-corrected chi connectivity index (χ4v) is 4.67. The Labute approximate surface area is 172 Å². The quantitative estimate of drug-likeness (QED) is 0.526. The number of hydrogen-bond donors (Lipinski definition) is 1. The number of benzene rings is 1. The van der Waals surface area contributed by atoms with E-state index in [1.165, 1.54) is 0 Å². The van der Waals surface area contributed by atoms with E-state index >= 15 is 0 Å². The van der Waals surface area contributed by atoms with Gasteiger partial charge in [0.15, 0.2) is 5.60 Å². The van der Waals surface area contributed by atoms with Crippen LogP contribution in [0.5, 0.6) is 5.75 Å². The predicted octanol–water partition coefficient (Wildman–Crippen LogP) is 2.65. The Bertz CT molecular complexity index is 1290. The van der Waals surface area contributed by atoms with E-state index in [9.17, 15) is 14.7 Å². The molecule has 2 aliphatic heterocycles. The molecule has 0 saturated carbocycles. The maximum atomic E-state index is 13.3. The number of fused-ring (bicyclic) bond motifs is 5. The molecule has 0 fully saturated rings. The van der Waals surface area contributed by atoms with Crippen molar-refractivity contribution in [1.82, 2.24) is 9.55 Å². The van der Waals surface area contributed by atoms with Gasteiger partial charge in [0.2, 0.25) is 0 Å². The second-order valence-electron chi connectivity index (χ2n) is 7.76. The number of methoxy groups -OCH3 is 1. The lowest BCUT2D eigenvalue weighted by molar-refractivity contribution is -0.172. The smallest absolute Gasteiger partial charge is 0.343 e. The van der Waals surface area contributed by atoms with Crippen molar-refractivity contribution in [2.75, 3.05) is 7.11 Å². The summed E-state index contributed by atoms with van der Waals surface area (Å²) in [7, 11) is 1.63. The van der Waals surface area contributed by atoms with E-state index in [4.69, 9.17) is 14.5 Å². The second-order valence-corrected chi connectivity index (χ2v) is 7.76. The van der Waals surface area contributed by atoms with Crippen LogP contribution in [0.25, 0.3) is 22.3 Å². The molecule has 7 nitrogen and oxygen atoms in total. The zero-order valence-electron chi connectivity index (χ0n) is 17.1. The summed E-state index contributed by atoms with van der Waals surface area (Å²) in [4.78, 5) is 30.4. The number of pyridine rings is 2. The van der Waals surface area contributed by atoms with Crippen molar-refractivity contribution >= 4 is 16.9 Å². The van der Waals surface area contributed by atoms with Gasteiger partial charge in [0.05, 0.1) is 36.1 Å². The largest absolute Gasteiger partial charge is 0.497 e. The van der Waals surface area contributed by atoms with E-state index in [0.717, 1.165) is 39.9 Å². The molecule has 0 spiro atoms. The van der Waals surface area contributed by atoms with Gasteiger partial charge >= 0.3 is 5.97 Å². The van der Waals surface area contributed by atoms with Crippen LogP contribution in [0.3, 0.4) is 0 Å². The molecule has 0 bridgehead atoms. The number of hydrogen-bond acceptors (Lipinski definition) is 6. The normalized spacial score (nSPS) is 19.3. The lowest BCUT2D eigenvalue weighted by Gasteiger charge is -2.31. The number of carbonyl (C=O) groups is 1. The van der Waals surface area contributed by atoms with Gasteiger partial charge in [-0.25, -0.2) is 9.78 Å². The van der Waals surface area contributed by atoms with Crippen LogP contribution in [0, 0.1) is 0 Å². The van der Waals surface area contributed by atoms with Crippen LogP contribution in [0.4, 0.5) is 0 Å². The number of aliphatic hydroxyl groups is 1. The molecular formula is C23H22N2O5. The van der Waals surface area contributed by atoms with Crippen LogP contribution >= 0.6 is 0 Å². The molecule has 0 saturated heterocycles. The molecule has 7 heteroatoms. The van der Waals surface area contributed by atoms with Gasteiger partial charge in [-0.1, -0.05) is 13.8 Å². The lowest BCUT2D eigenvalue weighted by Crippen LogP contribution is -2.44. The van der Waals surface area contributed by atoms with Gasteiger partial charge < -0.3 is 19.1 Å². The summed E-state index contributed by atoms with van der Waals surface area (Å²) in [6.45, 7) is 4.05. The Kier molecular flexibility index (Phi) is 4.02. The minimum atomic E-state index is -1.82. The fourth-order valence-electron chi connectivity index (χ4n) is 4.67. The number of cyclic esters (lactones) is 1. The maximum absolute atomic E-state index is 13.3. The second kappa shape index (κ2) is 6.40. The summed E-state index contributed by atoms with van der Waals surface area (Å²) in [6, 6.07) is 7.49. The Morgan fingerprint density at radius 1 is 1.23 bits per heavy atom. The highest BCUT2D eigenvalue weighted by Gasteiger charge is 2.45. The first-order valence-corrected chi connectivity index (χ1v) is 10.1. The third kappa shape index (κ3) is 2.32. The molecule has 2 aromatic heterocycles. The zero-order valence-corrected chi connectivity index (χ0v) is 17.1. The summed E-state index contributed by atoms with van der Waals surface area (Å²) in [5.74, 6) is 0.0404. The number of esters is 1. The monoisotopic (exact) mass is 406 g/mol. The number of ether oxygens (including phenoxy) is 2. The van der Waals surface area contributed by atoms with E-state index in [0.29, 0.717) is 23.4 Å². The summed E-state index contributed by atoms with van der Waals surface area (Å²) in [5.41, 5.74) is 2.88. The van der Waals surface area contributed by atoms with Crippen molar-refractivity contribution in [3.8, 4) is 17.1 Å². The summed E-state index contributed by atoms with van der Waals surface area (Å²) in [6.07, 6.45) is 0.900. The number of nitrogens with zero attached hydrogens (tertiary/aromatic N) is 2. The molecule has 3 aromatic rings. The average Bonchev–Trinajstić information content (AvgIpc) is 3.13. The number of aromatic nitrogens is 2. The maximum Gasteiger partial charge on any atom is 0.343 e. The molecule has 30 heavy (non-hydrogen) atoms. The summed E-state index contributed by atoms with van der Waals surface area (Å²) in [5, 5.41) is 12.0. The van der Waals surface area contributed by atoms with Gasteiger partial charge in [-0.05, 0) is 42.7 Å². The molecule has 1 unspecified atom stereocenters. The first-order chi connectivity index (χ1) is 14.4. The highest BCUT2D eigenvalue weighted by atomic mass is 16.6. The SMILES string of the molecule is CCc1c2c(nc3ccc(OC)cc13)-c1cc3c(c(=O)n1C2)COC(=O)C3(O)CC. The molecule has 5 rings (SSSR count). The molecule has 0 aliphatic carbocycles. The Morgan fingerprint density at radius 3 is 2.73 bits per heavy atom. The predicted molar refractivity (Wildman–Crippen MR) is 110 cm³/mol. The molecule has 154 valence electrons. The van der Waals surface area contributed by atoms with Crippen molar-refractivity contribution in [2.24, 2.45) is 0 Å². The fraction of sp³-hybridized carbons (Fsp3) is 0.348. The van der Waals surface area contributed by atoms with Gasteiger partial charge in [0.1, 0.15) is 12.4 Å². The van der Waals surface area contributed by atoms with Gasteiger partial charge in [-0.15, -0.1) is 0 Å². The highest BCUT2D eigenvalue weighted by Crippen LogP contribution is 2.40. The topological polar surface area (TPSA) is 90.6 Å². The zero-order chi connectivity index (χ0) is 21.2.